The molecule has 0 radical (unpaired) electrons. The second-order valence-electron chi connectivity index (χ2n) is 11.5. The van der Waals surface area contributed by atoms with Crippen LogP contribution in [0.15, 0.2) is 76.0 Å². The molecule has 0 saturated heterocycles. The zero-order valence-corrected chi connectivity index (χ0v) is 28.8. The predicted molar refractivity (Wildman–Crippen MR) is 173 cm³/mol. The van der Waals surface area contributed by atoms with Crippen LogP contribution in [0, 0.1) is 0 Å². The maximum atomic E-state index is 12.0. The standard InChI is InChI=1S/C29H27N3O7S2.2O3S/c1-29(2)14-18(16-40(33,34)35)22-11-24-26(39-27-12-23(30)20-5-3-4-6-21(20)28(27)31-24)13-25(22)32(29)15-17-7-9-19(10-8-17)41(36,37)38;2*1-4(2)3/h3-13,18,30H,14-16H2,1-2H3,(H,33,34,35)(H,36,37,38);;/p+1. The van der Waals surface area contributed by atoms with E-state index in [4.69, 9.17) is 40.1 Å². The summed E-state index contributed by atoms with van der Waals surface area (Å²) in [6, 6.07) is 18.9. The van der Waals surface area contributed by atoms with Crippen LogP contribution in [0.5, 0.6) is 0 Å². The first-order chi connectivity index (χ1) is 22.7. The van der Waals surface area contributed by atoms with Crippen molar-refractivity contribution < 1.29 is 61.0 Å². The molecule has 6 rings (SSSR count). The number of anilines is 1. The van der Waals surface area contributed by atoms with Crippen LogP contribution in [0.25, 0.3) is 33.3 Å². The van der Waals surface area contributed by atoms with Gasteiger partial charge in [0.2, 0.25) is 5.36 Å². The summed E-state index contributed by atoms with van der Waals surface area (Å²) in [6.45, 7) is 4.31. The average Bonchev–Trinajstić information content (AvgIpc) is 2.96. The van der Waals surface area contributed by atoms with Crippen LogP contribution in [0.3, 0.4) is 0 Å². The van der Waals surface area contributed by atoms with Gasteiger partial charge in [-0.25, -0.2) is 4.98 Å². The van der Waals surface area contributed by atoms with E-state index in [1.807, 2.05) is 50.2 Å². The predicted octanol–water partition coefficient (Wildman–Crippen LogP) is 1.14. The highest BCUT2D eigenvalue weighted by atomic mass is 32.2. The van der Waals surface area contributed by atoms with E-state index >= 15 is 0 Å². The average molecular weight is 755 g/mol. The highest BCUT2D eigenvalue weighted by Gasteiger charge is 2.40. The molecule has 0 aromatic heterocycles. The Kier molecular flexibility index (Phi) is 10.7. The van der Waals surface area contributed by atoms with Gasteiger partial charge in [-0.05, 0) is 55.7 Å². The molecule has 2 heterocycles. The van der Waals surface area contributed by atoms with Gasteiger partial charge in [0.1, 0.15) is 11.2 Å². The van der Waals surface area contributed by atoms with E-state index in [1.54, 1.807) is 18.2 Å². The maximum Gasteiger partial charge on any atom is 0.425 e. The molecule has 3 aromatic carbocycles. The Bertz CT molecular complexity index is 2510. The van der Waals surface area contributed by atoms with Crippen LogP contribution in [-0.4, -0.2) is 67.5 Å². The van der Waals surface area contributed by atoms with Crippen molar-refractivity contribution in [1.29, 1.82) is 0 Å². The van der Waals surface area contributed by atoms with E-state index in [2.05, 4.69) is 4.90 Å². The van der Waals surface area contributed by atoms with E-state index in [0.29, 0.717) is 52.1 Å². The van der Waals surface area contributed by atoms with Gasteiger partial charge in [-0.1, -0.05) is 30.3 Å². The molecule has 3 aliphatic rings. The largest absolute Gasteiger partial charge is 0.452 e. The van der Waals surface area contributed by atoms with Crippen molar-refractivity contribution in [3.8, 4) is 11.5 Å². The molecule has 1 unspecified atom stereocenters. The zero-order valence-electron chi connectivity index (χ0n) is 25.5. The van der Waals surface area contributed by atoms with Crippen molar-refractivity contribution >= 4 is 69.0 Å². The molecule has 1 aliphatic carbocycles. The number of aromatic nitrogens is 1. The van der Waals surface area contributed by atoms with E-state index in [0.717, 1.165) is 16.3 Å². The van der Waals surface area contributed by atoms with Crippen LogP contribution in [-0.2, 0) is 48.0 Å². The van der Waals surface area contributed by atoms with Gasteiger partial charge in [0.05, 0.1) is 22.1 Å². The third-order valence-electron chi connectivity index (χ3n) is 7.75. The molecule has 0 bridgehead atoms. The Hall–Kier alpha value is -4.60. The number of rotatable bonds is 5. The summed E-state index contributed by atoms with van der Waals surface area (Å²) in [5.41, 5.74) is 3.25. The highest BCUT2D eigenvalue weighted by Crippen LogP contribution is 2.47. The van der Waals surface area contributed by atoms with Crippen LogP contribution < -0.4 is 15.7 Å². The third-order valence-corrected chi connectivity index (χ3v) is 9.45. The van der Waals surface area contributed by atoms with Gasteiger partial charge in [-0.3, -0.25) is 14.5 Å². The molecule has 2 aliphatic heterocycles. The molecule has 0 fully saturated rings. The molecule has 49 heavy (non-hydrogen) atoms. The molecule has 3 aromatic rings. The van der Waals surface area contributed by atoms with E-state index in [-0.39, 0.29) is 4.90 Å². The summed E-state index contributed by atoms with van der Waals surface area (Å²) in [6.07, 6.45) is 0.415. The number of fused-ring (bicyclic) bond motifs is 5. The Morgan fingerprint density at radius 2 is 1.47 bits per heavy atom. The first kappa shape index (κ1) is 37.2. The van der Waals surface area contributed by atoms with Gasteiger partial charge in [-0.15, -0.1) is 25.3 Å². The molecule has 4 N–H and O–H groups in total. The van der Waals surface area contributed by atoms with Crippen molar-refractivity contribution in [1.82, 2.24) is 4.98 Å². The fourth-order valence-electron chi connectivity index (χ4n) is 5.90. The number of nitrogens with zero attached hydrogens (tertiary/aromatic N) is 2. The summed E-state index contributed by atoms with van der Waals surface area (Å²) in [5, 5.41) is 8.54. The molecule has 20 heteroatoms. The van der Waals surface area contributed by atoms with Crippen molar-refractivity contribution in [3.05, 3.63) is 83.2 Å². The molecule has 260 valence electrons. The SMILES string of the molecule is CC1(C)CC(CS(=O)(=O)O)c2cc3nc4c5ccccc5c(=[NH2+])cc-4oc3cc2N1Cc1ccc(S(=O)(=O)O)cc1.O=S(=O)=O.O=S(=O)=O. The van der Waals surface area contributed by atoms with Crippen LogP contribution in [0.2, 0.25) is 0 Å². The van der Waals surface area contributed by atoms with Crippen molar-refractivity contribution in [2.24, 2.45) is 0 Å². The van der Waals surface area contributed by atoms with Gasteiger partial charge in [0, 0.05) is 35.1 Å². The van der Waals surface area contributed by atoms with Crippen molar-refractivity contribution in [3.63, 3.8) is 0 Å². The molecular weight excluding hydrogens is 727 g/mol. The number of benzene rings is 4. The minimum absolute atomic E-state index is 0.206. The second-order valence-corrected chi connectivity index (χ2v) is 15.3. The first-order valence-electron chi connectivity index (χ1n) is 13.9. The monoisotopic (exact) mass is 754 g/mol. The summed E-state index contributed by atoms with van der Waals surface area (Å²) in [4.78, 5) is 6.79. The van der Waals surface area contributed by atoms with Crippen LogP contribution in [0.1, 0.15) is 37.3 Å². The summed E-state index contributed by atoms with van der Waals surface area (Å²) >= 11 is 0. The highest BCUT2D eigenvalue weighted by molar-refractivity contribution is 7.86. The van der Waals surface area contributed by atoms with Gasteiger partial charge in [0.25, 0.3) is 20.2 Å². The molecule has 1 atom stereocenters. The Morgan fingerprint density at radius 3 is 2.02 bits per heavy atom. The quantitative estimate of drug-likeness (QED) is 0.129. The molecule has 0 amide bonds. The Morgan fingerprint density at radius 1 is 0.898 bits per heavy atom. The van der Waals surface area contributed by atoms with E-state index in [1.165, 1.54) is 12.1 Å². The topological polar surface area (TPSA) is 266 Å². The van der Waals surface area contributed by atoms with Gasteiger partial charge in [0.15, 0.2) is 11.3 Å². The summed E-state index contributed by atoms with van der Waals surface area (Å²) < 4.78 is 123. The summed E-state index contributed by atoms with van der Waals surface area (Å²) in [5.74, 6) is -0.459. The fourth-order valence-corrected chi connectivity index (χ4v) is 7.18. The number of nitrogens with two attached hydrogens (primary N) is 1. The number of hydrogen-bond donors (Lipinski definition) is 3. The lowest BCUT2D eigenvalue weighted by Crippen LogP contribution is -2.49. The molecular formula is C29H28N3O13S4+. The molecule has 16 nitrogen and oxygen atoms in total. The molecule has 0 spiro atoms. The van der Waals surface area contributed by atoms with Gasteiger partial charge >= 0.3 is 21.2 Å². The van der Waals surface area contributed by atoms with Crippen LogP contribution in [0.4, 0.5) is 5.69 Å². The fraction of sp³-hybridized carbons (Fsp3) is 0.241. The normalized spacial score (nSPS) is 15.4. The van der Waals surface area contributed by atoms with Gasteiger partial charge in [-0.2, -0.15) is 16.8 Å². The Labute approximate surface area is 282 Å². The van der Waals surface area contributed by atoms with Crippen molar-refractivity contribution in [2.75, 3.05) is 10.7 Å². The van der Waals surface area contributed by atoms with Crippen LogP contribution >= 0.6 is 0 Å². The zero-order chi connectivity index (χ0) is 36.5. The lowest BCUT2D eigenvalue weighted by Gasteiger charge is -2.48. The maximum absolute atomic E-state index is 12.0. The smallest absolute Gasteiger partial charge is 0.425 e. The van der Waals surface area contributed by atoms with E-state index in [9.17, 15) is 25.9 Å². The minimum atomic E-state index is -4.33. The third kappa shape index (κ3) is 9.10. The summed E-state index contributed by atoms with van der Waals surface area (Å²) in [7, 11) is -14.8. The first-order valence-corrected chi connectivity index (χ1v) is 18.9. The lowest BCUT2D eigenvalue weighted by atomic mass is 9.79. The minimum Gasteiger partial charge on any atom is -0.452 e. The second kappa shape index (κ2) is 14.1. The van der Waals surface area contributed by atoms with Crippen molar-refractivity contribution in [2.45, 2.75) is 43.2 Å². The number of hydrogen-bond acceptors (Lipinski definition) is 13. The van der Waals surface area contributed by atoms with Gasteiger partial charge < -0.3 is 9.32 Å². The molecule has 0 saturated carbocycles. The Balaban J connectivity index is 0.000000612. The lowest BCUT2D eigenvalue weighted by molar-refractivity contribution is -0.170. The van der Waals surface area contributed by atoms with E-state index < -0.39 is 58.7 Å².